The Morgan fingerprint density at radius 3 is 2.31 bits per heavy atom. The van der Waals surface area contributed by atoms with Gasteiger partial charge in [-0.2, -0.15) is 12.6 Å². The molecule has 16 heavy (non-hydrogen) atoms. The molecule has 92 valence electrons. The third-order valence-electron chi connectivity index (χ3n) is 2.76. The fourth-order valence-electron chi connectivity index (χ4n) is 1.85. The van der Waals surface area contributed by atoms with Crippen LogP contribution in [0.1, 0.15) is 47.0 Å². The standard InChI is InChI=1S/C14H24OS/c1-5-9-11(7-3)14(16)12(8-4)13(15)10-6-2/h5,7,9,12,14,16H,6,8,10H2,1-4H3/b9-5-,11-7+. The molecule has 0 amide bonds. The van der Waals surface area contributed by atoms with Crippen molar-refractivity contribution in [2.24, 2.45) is 5.92 Å². The Labute approximate surface area is 105 Å². The summed E-state index contributed by atoms with van der Waals surface area (Å²) in [6.07, 6.45) is 8.53. The predicted molar refractivity (Wildman–Crippen MR) is 75.0 cm³/mol. The lowest BCUT2D eigenvalue weighted by Gasteiger charge is -2.21. The van der Waals surface area contributed by atoms with Crippen molar-refractivity contribution in [1.82, 2.24) is 0 Å². The van der Waals surface area contributed by atoms with Gasteiger partial charge in [-0.05, 0) is 32.3 Å². The Bertz CT molecular complexity index is 266. The fourth-order valence-corrected chi connectivity index (χ4v) is 2.46. The number of Topliss-reactive ketones (excluding diaryl/α,β-unsaturated/α-hetero) is 1. The minimum Gasteiger partial charge on any atom is -0.299 e. The van der Waals surface area contributed by atoms with Gasteiger partial charge in [-0.25, -0.2) is 0 Å². The molecule has 2 atom stereocenters. The quantitative estimate of drug-likeness (QED) is 0.521. The Morgan fingerprint density at radius 2 is 1.94 bits per heavy atom. The number of carbonyl (C=O) groups is 1. The van der Waals surface area contributed by atoms with E-state index in [0.717, 1.165) is 18.4 Å². The molecule has 0 saturated carbocycles. The smallest absolute Gasteiger partial charge is 0.137 e. The molecule has 0 saturated heterocycles. The monoisotopic (exact) mass is 240 g/mol. The van der Waals surface area contributed by atoms with Crippen molar-refractivity contribution in [3.63, 3.8) is 0 Å². The Kier molecular flexibility index (Phi) is 8.36. The minimum atomic E-state index is 0.0326. The summed E-state index contributed by atoms with van der Waals surface area (Å²) in [4.78, 5) is 11.9. The van der Waals surface area contributed by atoms with Gasteiger partial charge in [-0.1, -0.05) is 32.1 Å². The van der Waals surface area contributed by atoms with Crippen LogP contribution in [0.5, 0.6) is 0 Å². The first kappa shape index (κ1) is 15.5. The SMILES string of the molecule is C/C=C\C(=C/C)C(S)C(CC)C(=O)CCC. The third-order valence-corrected chi connectivity index (χ3v) is 3.42. The van der Waals surface area contributed by atoms with E-state index in [9.17, 15) is 4.79 Å². The molecule has 0 radical (unpaired) electrons. The summed E-state index contributed by atoms with van der Waals surface area (Å²) >= 11 is 4.61. The van der Waals surface area contributed by atoms with Crippen molar-refractivity contribution in [1.29, 1.82) is 0 Å². The lowest BCUT2D eigenvalue weighted by Crippen LogP contribution is -2.25. The van der Waals surface area contributed by atoms with Crippen LogP contribution < -0.4 is 0 Å². The molecule has 0 rings (SSSR count). The normalized spacial score (nSPS) is 16.4. The maximum absolute atomic E-state index is 11.9. The molecule has 2 unspecified atom stereocenters. The van der Waals surface area contributed by atoms with Gasteiger partial charge in [0.25, 0.3) is 0 Å². The highest BCUT2D eigenvalue weighted by atomic mass is 32.1. The van der Waals surface area contributed by atoms with Crippen LogP contribution in [0, 0.1) is 5.92 Å². The molecular formula is C14H24OS. The maximum atomic E-state index is 11.9. The highest BCUT2D eigenvalue weighted by Gasteiger charge is 2.24. The van der Waals surface area contributed by atoms with Crippen LogP contribution in [-0.4, -0.2) is 11.0 Å². The van der Waals surface area contributed by atoms with E-state index in [1.807, 2.05) is 39.0 Å². The Hall–Kier alpha value is -0.500. The number of ketones is 1. The summed E-state index contributed by atoms with van der Waals surface area (Å²) < 4.78 is 0. The zero-order valence-electron chi connectivity index (χ0n) is 10.9. The number of thiol groups is 1. The molecule has 0 N–H and O–H groups in total. The maximum Gasteiger partial charge on any atom is 0.137 e. The van der Waals surface area contributed by atoms with Crippen LogP contribution >= 0.6 is 12.6 Å². The molecular weight excluding hydrogens is 216 g/mol. The summed E-state index contributed by atoms with van der Waals surface area (Å²) in [5, 5.41) is 0.0326. The van der Waals surface area contributed by atoms with Gasteiger partial charge < -0.3 is 0 Å². The average Bonchev–Trinajstić information content (AvgIpc) is 2.27. The van der Waals surface area contributed by atoms with Crippen LogP contribution in [-0.2, 0) is 4.79 Å². The molecule has 0 aromatic rings. The Morgan fingerprint density at radius 1 is 1.31 bits per heavy atom. The first-order chi connectivity index (χ1) is 7.62. The van der Waals surface area contributed by atoms with Crippen LogP contribution in [0.4, 0.5) is 0 Å². The van der Waals surface area contributed by atoms with Crippen molar-refractivity contribution >= 4 is 18.4 Å². The van der Waals surface area contributed by atoms with Gasteiger partial charge in [0.15, 0.2) is 0 Å². The number of rotatable bonds is 7. The van der Waals surface area contributed by atoms with E-state index in [0.29, 0.717) is 12.2 Å². The molecule has 0 aliphatic heterocycles. The summed E-state index contributed by atoms with van der Waals surface area (Å²) in [5.74, 6) is 0.388. The van der Waals surface area contributed by atoms with Gasteiger partial charge in [0.1, 0.15) is 5.78 Å². The van der Waals surface area contributed by atoms with Gasteiger partial charge in [-0.15, -0.1) is 0 Å². The predicted octanol–water partition coefficient (Wildman–Crippen LogP) is 4.20. The molecule has 0 fully saturated rings. The second-order valence-electron chi connectivity index (χ2n) is 3.96. The fraction of sp³-hybridized carbons (Fsp3) is 0.643. The molecule has 0 heterocycles. The van der Waals surface area contributed by atoms with E-state index >= 15 is 0 Å². The topological polar surface area (TPSA) is 17.1 Å². The molecule has 0 aliphatic rings. The van der Waals surface area contributed by atoms with Gasteiger partial charge in [0, 0.05) is 17.6 Å². The number of hydrogen-bond acceptors (Lipinski definition) is 2. The van der Waals surface area contributed by atoms with Crippen molar-refractivity contribution in [2.45, 2.75) is 52.2 Å². The van der Waals surface area contributed by atoms with E-state index in [1.54, 1.807) is 0 Å². The molecule has 0 aromatic heterocycles. The average molecular weight is 240 g/mol. The zero-order valence-corrected chi connectivity index (χ0v) is 11.8. The van der Waals surface area contributed by atoms with Gasteiger partial charge in [0.2, 0.25) is 0 Å². The Balaban J connectivity index is 4.75. The molecule has 2 heteroatoms. The van der Waals surface area contributed by atoms with Crippen LogP contribution in [0.15, 0.2) is 23.8 Å². The summed E-state index contributed by atoms with van der Waals surface area (Å²) in [7, 11) is 0. The van der Waals surface area contributed by atoms with E-state index in [-0.39, 0.29) is 11.2 Å². The van der Waals surface area contributed by atoms with E-state index < -0.39 is 0 Å². The zero-order chi connectivity index (χ0) is 12.6. The van der Waals surface area contributed by atoms with Crippen LogP contribution in [0.3, 0.4) is 0 Å². The molecule has 0 bridgehead atoms. The van der Waals surface area contributed by atoms with Gasteiger partial charge in [-0.3, -0.25) is 4.79 Å². The molecule has 0 spiro atoms. The van der Waals surface area contributed by atoms with E-state index in [1.165, 1.54) is 0 Å². The van der Waals surface area contributed by atoms with Gasteiger partial charge in [0.05, 0.1) is 0 Å². The van der Waals surface area contributed by atoms with Crippen molar-refractivity contribution in [3.05, 3.63) is 23.8 Å². The number of carbonyl (C=O) groups excluding carboxylic acids is 1. The summed E-state index contributed by atoms with van der Waals surface area (Å²) in [5.41, 5.74) is 1.14. The molecule has 0 aliphatic carbocycles. The number of hydrogen-bond donors (Lipinski definition) is 1. The second-order valence-corrected chi connectivity index (χ2v) is 4.52. The van der Waals surface area contributed by atoms with E-state index in [4.69, 9.17) is 0 Å². The highest BCUT2D eigenvalue weighted by molar-refractivity contribution is 7.81. The number of allylic oxidation sites excluding steroid dienone is 3. The summed E-state index contributed by atoms with van der Waals surface area (Å²) in [6.45, 7) is 8.08. The first-order valence-corrected chi connectivity index (χ1v) is 6.63. The van der Waals surface area contributed by atoms with Crippen molar-refractivity contribution < 1.29 is 4.79 Å². The molecule has 1 nitrogen and oxygen atoms in total. The van der Waals surface area contributed by atoms with Crippen LogP contribution in [0.25, 0.3) is 0 Å². The lowest BCUT2D eigenvalue weighted by atomic mass is 9.89. The van der Waals surface area contributed by atoms with Crippen molar-refractivity contribution in [2.75, 3.05) is 0 Å². The van der Waals surface area contributed by atoms with Gasteiger partial charge >= 0.3 is 0 Å². The van der Waals surface area contributed by atoms with Crippen LogP contribution in [0.2, 0.25) is 0 Å². The summed E-state index contributed by atoms with van der Waals surface area (Å²) in [6, 6.07) is 0. The third kappa shape index (κ3) is 4.56. The highest BCUT2D eigenvalue weighted by Crippen LogP contribution is 2.25. The first-order valence-electron chi connectivity index (χ1n) is 6.11. The molecule has 0 aromatic carbocycles. The lowest BCUT2D eigenvalue weighted by molar-refractivity contribution is -0.122. The minimum absolute atomic E-state index is 0.0326. The second kappa shape index (κ2) is 8.63. The van der Waals surface area contributed by atoms with Crippen molar-refractivity contribution in [3.8, 4) is 0 Å². The van der Waals surface area contributed by atoms with E-state index in [2.05, 4.69) is 19.6 Å². The largest absolute Gasteiger partial charge is 0.299 e.